The van der Waals surface area contributed by atoms with Gasteiger partial charge >= 0.3 is 0 Å². The van der Waals surface area contributed by atoms with Gasteiger partial charge < -0.3 is 0 Å². The molecule has 2 aromatic rings. The lowest BCUT2D eigenvalue weighted by Crippen LogP contribution is -2.30. The highest BCUT2D eigenvalue weighted by Crippen LogP contribution is 2.40. The van der Waals surface area contributed by atoms with Crippen molar-refractivity contribution in [3.8, 4) is 11.1 Å². The van der Waals surface area contributed by atoms with Gasteiger partial charge in [0.05, 0.1) is 6.42 Å². The smallest absolute Gasteiger partial charge is 0.163 e. The number of carbonyl (C=O) groups is 3. The fourth-order valence-corrected chi connectivity index (χ4v) is 6.62. The number of Topliss-reactive ketones (excluding diaryl/α,β-unsaturated/α-hetero) is 3. The molecule has 3 atom stereocenters. The molecule has 0 N–H and O–H groups in total. The number of hydrogen-bond acceptors (Lipinski definition) is 3. The van der Waals surface area contributed by atoms with E-state index in [9.17, 15) is 14.4 Å². The van der Waals surface area contributed by atoms with Crippen molar-refractivity contribution in [1.82, 2.24) is 0 Å². The fraction of sp³-hybridized carbons (Fsp3) is 0.605. The Morgan fingerprint density at radius 1 is 0.878 bits per heavy atom. The van der Waals surface area contributed by atoms with Crippen LogP contribution in [0.1, 0.15) is 139 Å². The lowest BCUT2D eigenvalue weighted by Gasteiger charge is -2.32. The van der Waals surface area contributed by atoms with E-state index in [1.54, 1.807) is 0 Å². The molecule has 3 rings (SSSR count). The van der Waals surface area contributed by atoms with Gasteiger partial charge in [-0.05, 0) is 85.6 Å². The number of ketones is 3. The molecule has 0 amide bonds. The number of benzene rings is 2. The molecule has 0 spiro atoms. The Balaban J connectivity index is 0.00000187. The maximum absolute atomic E-state index is 13.5. The highest BCUT2D eigenvalue weighted by Gasteiger charge is 2.34. The van der Waals surface area contributed by atoms with Crippen molar-refractivity contribution >= 4 is 17.3 Å². The molecule has 2 aromatic carbocycles. The first-order valence-electron chi connectivity index (χ1n) is 16.5. The van der Waals surface area contributed by atoms with E-state index in [0.717, 1.165) is 49.7 Å². The van der Waals surface area contributed by atoms with Crippen LogP contribution in [-0.2, 0) is 22.4 Å². The van der Waals surface area contributed by atoms with Crippen LogP contribution in [0.5, 0.6) is 0 Å². The van der Waals surface area contributed by atoms with Gasteiger partial charge in [-0.1, -0.05) is 110 Å². The molecule has 41 heavy (non-hydrogen) atoms. The molecule has 0 saturated heterocycles. The molecule has 0 aliphatic heterocycles. The maximum Gasteiger partial charge on any atom is 0.163 e. The van der Waals surface area contributed by atoms with E-state index in [-0.39, 0.29) is 41.5 Å². The van der Waals surface area contributed by atoms with Crippen LogP contribution in [0.2, 0.25) is 0 Å². The summed E-state index contributed by atoms with van der Waals surface area (Å²) in [6.45, 7) is 14.3. The monoisotopic (exact) mass is 560 g/mol. The Bertz CT molecular complexity index is 1110. The number of rotatable bonds is 15. The average molecular weight is 561 g/mol. The molecule has 0 saturated carbocycles. The summed E-state index contributed by atoms with van der Waals surface area (Å²) in [7, 11) is 0. The van der Waals surface area contributed by atoms with Gasteiger partial charge in [-0.25, -0.2) is 0 Å². The number of aryl methyl sites for hydroxylation is 2. The molecule has 3 heteroatoms. The second-order valence-corrected chi connectivity index (χ2v) is 12.3. The van der Waals surface area contributed by atoms with E-state index in [0.29, 0.717) is 6.42 Å². The average Bonchev–Trinajstić information content (AvgIpc) is 2.92. The van der Waals surface area contributed by atoms with Crippen LogP contribution in [-0.4, -0.2) is 17.3 Å². The summed E-state index contributed by atoms with van der Waals surface area (Å²) < 4.78 is 0. The van der Waals surface area contributed by atoms with E-state index in [1.807, 2.05) is 6.92 Å². The summed E-state index contributed by atoms with van der Waals surface area (Å²) in [5.74, 6) is 0.601. The minimum absolute atomic E-state index is 0.0308. The van der Waals surface area contributed by atoms with Gasteiger partial charge in [-0.3, -0.25) is 14.4 Å². The molecule has 0 radical (unpaired) electrons. The Morgan fingerprint density at radius 2 is 1.56 bits per heavy atom. The van der Waals surface area contributed by atoms with E-state index in [1.165, 1.54) is 61.3 Å². The van der Waals surface area contributed by atoms with Crippen LogP contribution >= 0.6 is 0 Å². The normalized spacial score (nSPS) is 15.9. The molecule has 1 aliphatic carbocycles. The van der Waals surface area contributed by atoms with Crippen molar-refractivity contribution in [1.29, 1.82) is 0 Å². The van der Waals surface area contributed by atoms with Crippen LogP contribution in [0, 0.1) is 24.7 Å². The third-order valence-electron chi connectivity index (χ3n) is 8.49. The van der Waals surface area contributed by atoms with Crippen molar-refractivity contribution in [2.24, 2.45) is 17.8 Å². The van der Waals surface area contributed by atoms with Crippen LogP contribution in [0.4, 0.5) is 0 Å². The summed E-state index contributed by atoms with van der Waals surface area (Å²) in [5, 5.41) is 0. The van der Waals surface area contributed by atoms with Gasteiger partial charge in [0.2, 0.25) is 0 Å². The predicted octanol–water partition coefficient (Wildman–Crippen LogP) is 10.3. The first kappa shape index (κ1) is 34.7. The fourth-order valence-electron chi connectivity index (χ4n) is 6.62. The van der Waals surface area contributed by atoms with Gasteiger partial charge in [0.15, 0.2) is 5.78 Å². The number of fused-ring (bicyclic) bond motifs is 1. The Kier molecular flexibility index (Phi) is 15.3. The van der Waals surface area contributed by atoms with Gasteiger partial charge in [0.25, 0.3) is 0 Å². The summed E-state index contributed by atoms with van der Waals surface area (Å²) in [4.78, 5) is 38.1. The molecule has 0 heterocycles. The van der Waals surface area contributed by atoms with E-state index in [4.69, 9.17) is 0 Å². The highest BCUT2D eigenvalue weighted by atomic mass is 16.1. The largest absolute Gasteiger partial charge is 0.300 e. The van der Waals surface area contributed by atoms with E-state index in [2.05, 4.69) is 71.0 Å². The zero-order chi connectivity index (χ0) is 30.4. The summed E-state index contributed by atoms with van der Waals surface area (Å²) >= 11 is 0. The first-order chi connectivity index (χ1) is 19.7. The van der Waals surface area contributed by atoms with Gasteiger partial charge in [-0.15, -0.1) is 0 Å². The second-order valence-electron chi connectivity index (χ2n) is 12.3. The second kappa shape index (κ2) is 18.1. The van der Waals surface area contributed by atoms with Crippen molar-refractivity contribution < 1.29 is 14.4 Å². The van der Waals surface area contributed by atoms with Crippen LogP contribution in [0.3, 0.4) is 0 Å². The van der Waals surface area contributed by atoms with Crippen LogP contribution in [0.15, 0.2) is 36.4 Å². The van der Waals surface area contributed by atoms with Gasteiger partial charge in [0, 0.05) is 17.9 Å². The number of unbranched alkanes of at least 4 members (excludes halogenated alkanes) is 3. The van der Waals surface area contributed by atoms with Crippen molar-refractivity contribution in [3.05, 3.63) is 58.7 Å². The molecule has 0 bridgehead atoms. The van der Waals surface area contributed by atoms with Gasteiger partial charge in [-0.2, -0.15) is 0 Å². The summed E-state index contributed by atoms with van der Waals surface area (Å²) in [6.07, 6.45) is 12.5. The van der Waals surface area contributed by atoms with Crippen molar-refractivity contribution in [3.63, 3.8) is 0 Å². The zero-order valence-corrected chi connectivity index (χ0v) is 27.1. The lowest BCUT2D eigenvalue weighted by molar-refractivity contribution is -0.129. The number of hydrogen-bond donors (Lipinski definition) is 0. The lowest BCUT2D eigenvalue weighted by atomic mass is 9.71. The topological polar surface area (TPSA) is 51.2 Å². The Labute approximate surface area is 250 Å². The standard InChI is InChI=1S/C35H48O3.C3H8/c1-6-9-10-11-13-26-15-17-28(18-16-26)31-19-14-24(4)35-32(31)22-27(23-34(35)38)21-29(12-7-2)30(8-3)33(37)20-25(5)36;1-3-2/h14-19,27,29-30H,6-13,20-23H2,1-5H3;3H2,1-2H3. The van der Waals surface area contributed by atoms with E-state index < -0.39 is 0 Å². The number of carbonyl (C=O) groups excluding carboxylic acids is 3. The molecule has 3 nitrogen and oxygen atoms in total. The molecule has 0 aromatic heterocycles. The third-order valence-corrected chi connectivity index (χ3v) is 8.49. The SMILES string of the molecule is CCC.CCCCCCc1ccc(-c2ccc(C)c3c2CC(CC(CCC)C(CC)C(=O)CC(C)=O)CC3=O)cc1. The van der Waals surface area contributed by atoms with E-state index >= 15 is 0 Å². The molecular weight excluding hydrogens is 504 g/mol. The quantitative estimate of drug-likeness (QED) is 0.161. The van der Waals surface area contributed by atoms with Crippen LogP contribution < -0.4 is 0 Å². The van der Waals surface area contributed by atoms with Crippen molar-refractivity contribution in [2.75, 3.05) is 0 Å². The van der Waals surface area contributed by atoms with Crippen molar-refractivity contribution in [2.45, 2.75) is 132 Å². The van der Waals surface area contributed by atoms with Crippen LogP contribution in [0.25, 0.3) is 11.1 Å². The minimum atomic E-state index is -0.0998. The Hall–Kier alpha value is -2.55. The summed E-state index contributed by atoms with van der Waals surface area (Å²) in [6, 6.07) is 13.2. The molecule has 3 unspecified atom stereocenters. The predicted molar refractivity (Wildman–Crippen MR) is 174 cm³/mol. The third kappa shape index (κ3) is 10.3. The zero-order valence-electron chi connectivity index (χ0n) is 27.1. The molecular formula is C38H56O3. The molecule has 0 fully saturated rings. The first-order valence-corrected chi connectivity index (χ1v) is 16.5. The summed E-state index contributed by atoms with van der Waals surface area (Å²) in [5.41, 5.74) is 6.89. The highest BCUT2D eigenvalue weighted by molar-refractivity contribution is 6.02. The maximum atomic E-state index is 13.5. The molecule has 226 valence electrons. The minimum Gasteiger partial charge on any atom is -0.300 e. The molecule has 1 aliphatic rings. The van der Waals surface area contributed by atoms with Gasteiger partial charge in [0.1, 0.15) is 11.6 Å². The Morgan fingerprint density at radius 3 is 2.15 bits per heavy atom.